The molecule has 1 aromatic carbocycles. The van der Waals surface area contributed by atoms with Crippen LogP contribution >= 0.6 is 0 Å². The van der Waals surface area contributed by atoms with Crippen molar-refractivity contribution in [2.75, 3.05) is 27.1 Å². The van der Waals surface area contributed by atoms with Crippen LogP contribution in [0.4, 0.5) is 0 Å². The van der Waals surface area contributed by atoms with Crippen LogP contribution in [-0.2, 0) is 4.74 Å². The van der Waals surface area contributed by atoms with Gasteiger partial charge in [-0.15, -0.1) is 0 Å². The summed E-state index contributed by atoms with van der Waals surface area (Å²) < 4.78 is 15.5. The number of hydrogen-bond donors (Lipinski definition) is 2. The van der Waals surface area contributed by atoms with Crippen molar-refractivity contribution in [3.8, 4) is 11.5 Å². The second-order valence-corrected chi connectivity index (χ2v) is 4.35. The highest BCUT2D eigenvalue weighted by Crippen LogP contribution is 2.34. The van der Waals surface area contributed by atoms with E-state index in [1.54, 1.807) is 7.11 Å². The molecule has 5 nitrogen and oxygen atoms in total. The van der Waals surface area contributed by atoms with E-state index in [1.165, 1.54) is 0 Å². The Morgan fingerprint density at radius 2 is 2.17 bits per heavy atom. The van der Waals surface area contributed by atoms with Gasteiger partial charge in [-0.05, 0) is 24.6 Å². The number of rotatable bonds is 6. The van der Waals surface area contributed by atoms with Crippen LogP contribution in [-0.4, -0.2) is 38.3 Å². The van der Waals surface area contributed by atoms with E-state index in [-0.39, 0.29) is 12.8 Å². The van der Waals surface area contributed by atoms with E-state index in [4.69, 9.17) is 14.2 Å². The Morgan fingerprint density at radius 1 is 1.39 bits per heavy atom. The van der Waals surface area contributed by atoms with Gasteiger partial charge in [0.15, 0.2) is 11.5 Å². The zero-order chi connectivity index (χ0) is 13.0. The van der Waals surface area contributed by atoms with Crippen molar-refractivity contribution in [3.63, 3.8) is 0 Å². The van der Waals surface area contributed by atoms with E-state index >= 15 is 0 Å². The normalized spacial score (nSPS) is 16.6. The first-order valence-corrected chi connectivity index (χ1v) is 6.00. The molecule has 2 rings (SSSR count). The van der Waals surface area contributed by atoms with Crippen molar-refractivity contribution in [1.29, 1.82) is 0 Å². The molecule has 0 amide bonds. The Hall–Kier alpha value is -1.30. The maximum atomic E-state index is 9.57. The molecule has 0 saturated heterocycles. The zero-order valence-corrected chi connectivity index (χ0v) is 10.7. The van der Waals surface area contributed by atoms with Gasteiger partial charge in [-0.2, -0.15) is 0 Å². The molecular formula is C13H19NO4. The molecule has 1 aromatic rings. The highest BCUT2D eigenvalue weighted by molar-refractivity contribution is 5.45. The molecule has 0 bridgehead atoms. The molecule has 0 aliphatic carbocycles. The fourth-order valence-corrected chi connectivity index (χ4v) is 1.86. The van der Waals surface area contributed by atoms with Crippen LogP contribution < -0.4 is 14.8 Å². The summed E-state index contributed by atoms with van der Waals surface area (Å²) in [6, 6.07) is 5.99. The third-order valence-electron chi connectivity index (χ3n) is 2.92. The molecule has 0 saturated carbocycles. The number of benzene rings is 1. The molecule has 1 aliphatic heterocycles. The highest BCUT2D eigenvalue weighted by Gasteiger charge is 2.16. The van der Waals surface area contributed by atoms with Gasteiger partial charge in [0, 0.05) is 19.7 Å². The van der Waals surface area contributed by atoms with Crippen molar-refractivity contribution in [3.05, 3.63) is 23.8 Å². The number of aliphatic hydroxyl groups excluding tert-OH is 1. The maximum absolute atomic E-state index is 9.57. The first-order chi connectivity index (χ1) is 8.70. The van der Waals surface area contributed by atoms with Crippen LogP contribution in [0, 0.1) is 0 Å². The monoisotopic (exact) mass is 253 g/mol. The molecule has 100 valence electrons. The second-order valence-electron chi connectivity index (χ2n) is 4.35. The van der Waals surface area contributed by atoms with Crippen molar-refractivity contribution in [2.45, 2.75) is 19.1 Å². The summed E-state index contributed by atoms with van der Waals surface area (Å²) in [5.41, 5.74) is 1.10. The van der Waals surface area contributed by atoms with Gasteiger partial charge in [-0.3, -0.25) is 0 Å². The molecule has 2 atom stereocenters. The maximum Gasteiger partial charge on any atom is 0.231 e. The van der Waals surface area contributed by atoms with Crippen LogP contribution in [0.25, 0.3) is 0 Å². The summed E-state index contributed by atoms with van der Waals surface area (Å²) in [6.45, 7) is 3.15. The molecule has 18 heavy (non-hydrogen) atoms. The number of ether oxygens (including phenoxy) is 3. The van der Waals surface area contributed by atoms with Crippen molar-refractivity contribution in [1.82, 2.24) is 5.32 Å². The van der Waals surface area contributed by atoms with Crippen molar-refractivity contribution >= 4 is 0 Å². The van der Waals surface area contributed by atoms with Crippen molar-refractivity contribution < 1.29 is 19.3 Å². The Bertz CT molecular complexity index is 397. The fourth-order valence-electron chi connectivity index (χ4n) is 1.86. The predicted molar refractivity (Wildman–Crippen MR) is 66.9 cm³/mol. The lowest BCUT2D eigenvalue weighted by Crippen LogP contribution is -2.31. The minimum absolute atomic E-state index is 0.131. The van der Waals surface area contributed by atoms with Gasteiger partial charge < -0.3 is 24.6 Å². The molecule has 0 fully saturated rings. The van der Waals surface area contributed by atoms with E-state index in [2.05, 4.69) is 5.32 Å². The number of hydrogen-bond acceptors (Lipinski definition) is 5. The smallest absolute Gasteiger partial charge is 0.231 e. The SMILES string of the molecule is COCC(O)CNC(C)c1ccc2c(c1)OCO2. The summed E-state index contributed by atoms with van der Waals surface area (Å²) in [5.74, 6) is 1.56. The van der Waals surface area contributed by atoms with E-state index in [1.807, 2.05) is 25.1 Å². The number of nitrogens with one attached hydrogen (secondary N) is 1. The Morgan fingerprint density at radius 3 is 2.94 bits per heavy atom. The lowest BCUT2D eigenvalue weighted by Gasteiger charge is -2.17. The summed E-state index contributed by atoms with van der Waals surface area (Å²) in [4.78, 5) is 0. The second kappa shape index (κ2) is 6.04. The van der Waals surface area contributed by atoms with Gasteiger partial charge in [0.05, 0.1) is 12.7 Å². The number of fused-ring (bicyclic) bond motifs is 1. The molecule has 1 heterocycles. The average Bonchev–Trinajstić information content (AvgIpc) is 2.83. The van der Waals surface area contributed by atoms with Crippen molar-refractivity contribution in [2.24, 2.45) is 0 Å². The van der Waals surface area contributed by atoms with Gasteiger partial charge in [-0.1, -0.05) is 6.07 Å². The minimum Gasteiger partial charge on any atom is -0.454 e. The van der Waals surface area contributed by atoms with E-state index < -0.39 is 6.10 Å². The van der Waals surface area contributed by atoms with Crippen LogP contribution in [0.1, 0.15) is 18.5 Å². The molecule has 2 unspecified atom stereocenters. The first-order valence-electron chi connectivity index (χ1n) is 6.00. The van der Waals surface area contributed by atoms with E-state index in [0.717, 1.165) is 17.1 Å². The molecule has 0 aromatic heterocycles. The predicted octanol–water partition coefficient (Wildman–Crippen LogP) is 1.07. The molecular weight excluding hydrogens is 234 g/mol. The molecule has 0 spiro atoms. The number of methoxy groups -OCH3 is 1. The topological polar surface area (TPSA) is 60.0 Å². The molecule has 5 heteroatoms. The lowest BCUT2D eigenvalue weighted by molar-refractivity contribution is 0.0630. The van der Waals surface area contributed by atoms with E-state index in [9.17, 15) is 5.11 Å². The molecule has 2 N–H and O–H groups in total. The Kier molecular flexibility index (Phi) is 4.41. The summed E-state index contributed by atoms with van der Waals surface area (Å²) in [6.07, 6.45) is -0.494. The van der Waals surface area contributed by atoms with Crippen LogP contribution in [0.5, 0.6) is 11.5 Å². The van der Waals surface area contributed by atoms with Gasteiger partial charge in [0.25, 0.3) is 0 Å². The minimum atomic E-state index is -0.494. The van der Waals surface area contributed by atoms with Crippen LogP contribution in [0.2, 0.25) is 0 Å². The Balaban J connectivity index is 1.90. The molecule has 0 radical (unpaired) electrons. The summed E-state index contributed by atoms with van der Waals surface area (Å²) in [7, 11) is 1.57. The van der Waals surface area contributed by atoms with Gasteiger partial charge in [0.1, 0.15) is 0 Å². The van der Waals surface area contributed by atoms with Gasteiger partial charge in [0.2, 0.25) is 6.79 Å². The first kappa shape index (κ1) is 13.1. The highest BCUT2D eigenvalue weighted by atomic mass is 16.7. The standard InChI is InChI=1S/C13H19NO4/c1-9(14-6-11(15)7-16-2)10-3-4-12-13(5-10)18-8-17-12/h3-5,9,11,14-15H,6-8H2,1-2H3. The average molecular weight is 253 g/mol. The van der Waals surface area contributed by atoms with Gasteiger partial charge >= 0.3 is 0 Å². The summed E-state index contributed by atoms with van der Waals surface area (Å²) >= 11 is 0. The van der Waals surface area contributed by atoms with E-state index in [0.29, 0.717) is 13.2 Å². The number of aliphatic hydroxyl groups is 1. The van der Waals surface area contributed by atoms with Crippen LogP contribution in [0.3, 0.4) is 0 Å². The third kappa shape index (κ3) is 3.13. The Labute approximate surface area is 107 Å². The zero-order valence-electron chi connectivity index (χ0n) is 10.7. The lowest BCUT2D eigenvalue weighted by atomic mass is 10.1. The fraction of sp³-hybridized carbons (Fsp3) is 0.538. The summed E-state index contributed by atoms with van der Waals surface area (Å²) in [5, 5.41) is 12.8. The van der Waals surface area contributed by atoms with Gasteiger partial charge in [-0.25, -0.2) is 0 Å². The quantitative estimate of drug-likeness (QED) is 0.794. The largest absolute Gasteiger partial charge is 0.454 e. The molecule has 1 aliphatic rings. The van der Waals surface area contributed by atoms with Crippen LogP contribution in [0.15, 0.2) is 18.2 Å². The third-order valence-corrected chi connectivity index (χ3v) is 2.92.